The van der Waals surface area contributed by atoms with Gasteiger partial charge in [-0.3, -0.25) is 4.79 Å². The maximum Gasteiger partial charge on any atom is 0.234 e. The Morgan fingerprint density at radius 2 is 2.04 bits per heavy atom. The Labute approximate surface area is 153 Å². The zero-order chi connectivity index (χ0) is 17.2. The van der Waals surface area contributed by atoms with E-state index in [-0.39, 0.29) is 5.91 Å². The van der Waals surface area contributed by atoms with Crippen LogP contribution in [0.15, 0.2) is 52.3 Å². The number of anilines is 1. The monoisotopic (exact) mass is 368 g/mol. The minimum Gasteiger partial charge on any atom is -0.341 e. The van der Waals surface area contributed by atoms with Crippen molar-refractivity contribution in [3.05, 3.63) is 48.0 Å². The highest BCUT2D eigenvalue weighted by atomic mass is 32.2. The van der Waals surface area contributed by atoms with Crippen molar-refractivity contribution in [1.29, 1.82) is 0 Å². The summed E-state index contributed by atoms with van der Waals surface area (Å²) in [6, 6.07) is 14.5. The van der Waals surface area contributed by atoms with E-state index in [9.17, 15) is 4.79 Å². The van der Waals surface area contributed by atoms with Crippen molar-refractivity contribution in [2.24, 2.45) is 0 Å². The molecule has 0 aliphatic carbocycles. The maximum absolute atomic E-state index is 12.2. The summed E-state index contributed by atoms with van der Waals surface area (Å²) in [5.41, 5.74) is 4.88. The lowest BCUT2D eigenvalue weighted by Gasteiger charge is -2.06. The smallest absolute Gasteiger partial charge is 0.234 e. The Hall–Kier alpha value is -2.38. The molecule has 0 radical (unpaired) electrons. The van der Waals surface area contributed by atoms with Crippen LogP contribution in [-0.4, -0.2) is 26.4 Å². The number of thioether (sulfide) groups is 1. The van der Waals surface area contributed by atoms with Crippen LogP contribution in [0, 0.1) is 0 Å². The summed E-state index contributed by atoms with van der Waals surface area (Å²) in [6.45, 7) is 3.06. The van der Waals surface area contributed by atoms with Crippen LogP contribution in [0.3, 0.4) is 0 Å². The molecule has 0 atom stereocenters. The van der Waals surface area contributed by atoms with Gasteiger partial charge in [0.2, 0.25) is 5.91 Å². The lowest BCUT2D eigenvalue weighted by Crippen LogP contribution is -2.13. The van der Waals surface area contributed by atoms with Gasteiger partial charge in [0.25, 0.3) is 0 Å². The predicted molar refractivity (Wildman–Crippen MR) is 104 cm³/mol. The van der Waals surface area contributed by atoms with E-state index in [1.165, 1.54) is 39.5 Å². The Kier molecular flexibility index (Phi) is 4.42. The molecule has 4 aromatic rings. The summed E-state index contributed by atoms with van der Waals surface area (Å²) in [5.74, 6) is 0.281. The summed E-state index contributed by atoms with van der Waals surface area (Å²) in [6.07, 6.45) is 0. The third-order valence-corrected chi connectivity index (χ3v) is 5.90. The first-order valence-electron chi connectivity index (χ1n) is 7.96. The van der Waals surface area contributed by atoms with E-state index in [1.54, 1.807) is 5.51 Å². The molecule has 0 saturated heterocycles. The zero-order valence-electron chi connectivity index (χ0n) is 13.6. The van der Waals surface area contributed by atoms with Crippen LogP contribution < -0.4 is 5.32 Å². The molecule has 2 aromatic carbocycles. The van der Waals surface area contributed by atoms with Crippen LogP contribution in [-0.2, 0) is 11.3 Å². The van der Waals surface area contributed by atoms with Crippen LogP contribution in [0.1, 0.15) is 6.92 Å². The lowest BCUT2D eigenvalue weighted by atomic mass is 10.1. The largest absolute Gasteiger partial charge is 0.341 e. The highest BCUT2D eigenvalue weighted by molar-refractivity contribution is 8.01. The molecule has 0 spiro atoms. The topological polar surface area (TPSA) is 59.8 Å². The van der Waals surface area contributed by atoms with Crippen molar-refractivity contribution < 1.29 is 4.79 Å². The van der Waals surface area contributed by atoms with E-state index >= 15 is 0 Å². The molecule has 0 unspecified atom stereocenters. The van der Waals surface area contributed by atoms with Gasteiger partial charge in [0, 0.05) is 34.0 Å². The number of carbonyl (C=O) groups excluding carboxylic acids is 1. The molecule has 4 rings (SSSR count). The standard InChI is InChI=1S/C18H16N4OS2/c1-2-22-15-6-4-3-5-13(15)14-9-12(7-8-16(14)22)20-17(23)10-24-18-21-19-11-25-18/h3-9,11H,2,10H2,1H3,(H,20,23). The number of nitrogens with one attached hydrogen (secondary N) is 1. The first-order valence-corrected chi connectivity index (χ1v) is 9.82. The Bertz CT molecular complexity index is 1040. The fourth-order valence-electron chi connectivity index (χ4n) is 3.02. The second-order valence-corrected chi connectivity index (χ2v) is 7.59. The number of rotatable bonds is 5. The van der Waals surface area contributed by atoms with Gasteiger partial charge < -0.3 is 9.88 Å². The van der Waals surface area contributed by atoms with E-state index < -0.39 is 0 Å². The minimum atomic E-state index is -0.0428. The number of aromatic nitrogens is 3. The zero-order valence-corrected chi connectivity index (χ0v) is 15.2. The average Bonchev–Trinajstić information content (AvgIpc) is 3.25. The molecule has 0 fully saturated rings. The van der Waals surface area contributed by atoms with Crippen LogP contribution >= 0.6 is 23.1 Å². The Morgan fingerprint density at radius 1 is 1.20 bits per heavy atom. The van der Waals surface area contributed by atoms with Gasteiger partial charge in [-0.25, -0.2) is 0 Å². The third-order valence-electron chi connectivity index (χ3n) is 4.04. The molecular formula is C18H16N4OS2. The van der Waals surface area contributed by atoms with Crippen molar-refractivity contribution in [2.45, 2.75) is 17.8 Å². The maximum atomic E-state index is 12.2. The number of fused-ring (bicyclic) bond motifs is 3. The molecule has 7 heteroatoms. The lowest BCUT2D eigenvalue weighted by molar-refractivity contribution is -0.113. The molecule has 25 heavy (non-hydrogen) atoms. The molecule has 2 heterocycles. The second kappa shape index (κ2) is 6.85. The quantitative estimate of drug-likeness (QED) is 0.531. The minimum absolute atomic E-state index is 0.0428. The molecule has 0 aliphatic rings. The highest BCUT2D eigenvalue weighted by Gasteiger charge is 2.11. The molecule has 0 bridgehead atoms. The summed E-state index contributed by atoms with van der Waals surface area (Å²) >= 11 is 2.83. The van der Waals surface area contributed by atoms with Gasteiger partial charge in [-0.1, -0.05) is 41.3 Å². The second-order valence-electron chi connectivity index (χ2n) is 5.53. The van der Waals surface area contributed by atoms with Crippen LogP contribution in [0.2, 0.25) is 0 Å². The molecule has 0 saturated carbocycles. The van der Waals surface area contributed by atoms with E-state index in [0.717, 1.165) is 22.0 Å². The number of carbonyl (C=O) groups is 1. The van der Waals surface area contributed by atoms with Crippen LogP contribution in [0.5, 0.6) is 0 Å². The Morgan fingerprint density at radius 3 is 2.84 bits per heavy atom. The molecule has 1 N–H and O–H groups in total. The number of hydrogen-bond donors (Lipinski definition) is 1. The summed E-state index contributed by atoms with van der Waals surface area (Å²) in [4.78, 5) is 12.2. The van der Waals surface area contributed by atoms with Gasteiger partial charge in [0.1, 0.15) is 5.51 Å². The Balaban J connectivity index is 1.60. The van der Waals surface area contributed by atoms with Crippen molar-refractivity contribution in [1.82, 2.24) is 14.8 Å². The molecule has 126 valence electrons. The highest BCUT2D eigenvalue weighted by Crippen LogP contribution is 2.31. The number of nitrogens with zero attached hydrogens (tertiary/aromatic N) is 3. The first-order chi connectivity index (χ1) is 12.3. The van der Waals surface area contributed by atoms with E-state index in [4.69, 9.17) is 0 Å². The molecule has 1 amide bonds. The fourth-order valence-corrected chi connectivity index (χ4v) is 4.31. The SMILES string of the molecule is CCn1c2ccccc2c2cc(NC(=O)CSc3nncs3)ccc21. The fraction of sp³-hybridized carbons (Fsp3) is 0.167. The molecule has 2 aromatic heterocycles. The number of amides is 1. The van der Waals surface area contributed by atoms with Crippen LogP contribution in [0.4, 0.5) is 5.69 Å². The van der Waals surface area contributed by atoms with Crippen molar-refractivity contribution in [3.8, 4) is 0 Å². The van der Waals surface area contributed by atoms with Crippen molar-refractivity contribution in [2.75, 3.05) is 11.1 Å². The van der Waals surface area contributed by atoms with E-state index in [0.29, 0.717) is 5.75 Å². The molecule has 0 aliphatic heterocycles. The van der Waals surface area contributed by atoms with Gasteiger partial charge in [0.15, 0.2) is 4.34 Å². The van der Waals surface area contributed by atoms with E-state index in [1.807, 2.05) is 12.1 Å². The average molecular weight is 368 g/mol. The van der Waals surface area contributed by atoms with Crippen molar-refractivity contribution >= 4 is 56.5 Å². The number of para-hydroxylation sites is 1. The molecule has 5 nitrogen and oxygen atoms in total. The summed E-state index contributed by atoms with van der Waals surface area (Å²) in [5, 5.41) is 13.0. The summed E-state index contributed by atoms with van der Waals surface area (Å²) < 4.78 is 3.10. The van der Waals surface area contributed by atoms with Crippen LogP contribution in [0.25, 0.3) is 21.8 Å². The van der Waals surface area contributed by atoms with E-state index in [2.05, 4.69) is 57.3 Å². The number of benzene rings is 2. The normalized spacial score (nSPS) is 11.2. The number of hydrogen-bond acceptors (Lipinski definition) is 5. The number of aryl methyl sites for hydroxylation is 1. The third kappa shape index (κ3) is 3.12. The molecular weight excluding hydrogens is 352 g/mol. The van der Waals surface area contributed by atoms with Gasteiger partial charge in [-0.15, -0.1) is 10.2 Å². The van der Waals surface area contributed by atoms with Gasteiger partial charge >= 0.3 is 0 Å². The van der Waals surface area contributed by atoms with Crippen molar-refractivity contribution in [3.63, 3.8) is 0 Å². The first kappa shape index (κ1) is 16.1. The van der Waals surface area contributed by atoms with Gasteiger partial charge in [-0.2, -0.15) is 0 Å². The van der Waals surface area contributed by atoms with Gasteiger partial charge in [0.05, 0.1) is 5.75 Å². The predicted octanol–water partition coefficient (Wildman–Crippen LogP) is 4.40. The summed E-state index contributed by atoms with van der Waals surface area (Å²) in [7, 11) is 0. The van der Waals surface area contributed by atoms with Gasteiger partial charge in [-0.05, 0) is 31.2 Å².